The van der Waals surface area contributed by atoms with Crippen LogP contribution in [0.1, 0.15) is 26.7 Å². The first kappa shape index (κ1) is 10.9. The largest absolute Gasteiger partial charge is 0.345 e. The summed E-state index contributed by atoms with van der Waals surface area (Å²) < 4.78 is 28.1. The van der Waals surface area contributed by atoms with Crippen molar-refractivity contribution < 1.29 is 13.5 Å². The summed E-state index contributed by atoms with van der Waals surface area (Å²) in [5.41, 5.74) is 0. The summed E-state index contributed by atoms with van der Waals surface area (Å²) in [5.74, 6) is 0. The van der Waals surface area contributed by atoms with E-state index in [0.717, 1.165) is 25.9 Å². The van der Waals surface area contributed by atoms with E-state index in [-0.39, 0.29) is 6.10 Å². The molecule has 0 atom stereocenters. The molecular weight excluding hydrogens is 176 g/mol. The summed E-state index contributed by atoms with van der Waals surface area (Å²) in [6, 6.07) is 0.507. The predicted octanol–water partition coefficient (Wildman–Crippen LogP) is 2.10. The highest BCUT2D eigenvalue weighted by Gasteiger charge is 2.23. The highest BCUT2D eigenvalue weighted by molar-refractivity contribution is 4.74. The molecule has 1 heterocycles. The third-order valence-corrected chi connectivity index (χ3v) is 2.50. The van der Waals surface area contributed by atoms with Crippen LogP contribution < -0.4 is 0 Å². The molecule has 1 aliphatic heterocycles. The molecular formula is C9H17F2NO. The van der Waals surface area contributed by atoms with E-state index in [9.17, 15) is 8.78 Å². The third-order valence-electron chi connectivity index (χ3n) is 2.50. The van der Waals surface area contributed by atoms with Crippen molar-refractivity contribution in [3.8, 4) is 0 Å². The summed E-state index contributed by atoms with van der Waals surface area (Å²) in [6.07, 6.45) is 1.21. The van der Waals surface area contributed by atoms with E-state index in [0.29, 0.717) is 6.04 Å². The molecule has 0 bridgehead atoms. The van der Waals surface area contributed by atoms with Gasteiger partial charge in [0.1, 0.15) is 0 Å². The maximum Gasteiger partial charge on any atom is 0.345 e. The minimum Gasteiger partial charge on any atom is -0.320 e. The highest BCUT2D eigenvalue weighted by atomic mass is 19.3. The Morgan fingerprint density at radius 3 is 2.15 bits per heavy atom. The number of ether oxygens (including phenoxy) is 1. The molecule has 0 spiro atoms. The van der Waals surface area contributed by atoms with Gasteiger partial charge in [0.15, 0.2) is 0 Å². The second-order valence-electron chi connectivity index (χ2n) is 3.73. The van der Waals surface area contributed by atoms with Crippen LogP contribution in [0.25, 0.3) is 0 Å². The first-order valence-electron chi connectivity index (χ1n) is 4.77. The topological polar surface area (TPSA) is 12.5 Å². The molecule has 0 N–H and O–H groups in total. The molecule has 1 rings (SSSR count). The molecule has 4 heteroatoms. The van der Waals surface area contributed by atoms with Gasteiger partial charge in [0.25, 0.3) is 0 Å². The lowest BCUT2D eigenvalue weighted by Gasteiger charge is -2.34. The minimum absolute atomic E-state index is 0.241. The number of piperidine rings is 1. The molecule has 0 aromatic carbocycles. The molecule has 1 fully saturated rings. The van der Waals surface area contributed by atoms with Gasteiger partial charge in [-0.1, -0.05) is 0 Å². The molecule has 1 aliphatic rings. The van der Waals surface area contributed by atoms with Gasteiger partial charge in [-0.2, -0.15) is 8.78 Å². The Morgan fingerprint density at radius 2 is 1.77 bits per heavy atom. The van der Waals surface area contributed by atoms with E-state index >= 15 is 0 Å². The molecule has 13 heavy (non-hydrogen) atoms. The van der Waals surface area contributed by atoms with Crippen LogP contribution in [-0.2, 0) is 4.74 Å². The van der Waals surface area contributed by atoms with Crippen molar-refractivity contribution >= 4 is 0 Å². The van der Waals surface area contributed by atoms with Crippen LogP contribution in [0, 0.1) is 0 Å². The van der Waals surface area contributed by atoms with E-state index in [1.54, 1.807) is 0 Å². The minimum atomic E-state index is -2.62. The third kappa shape index (κ3) is 3.56. The number of hydrogen-bond acceptors (Lipinski definition) is 2. The van der Waals surface area contributed by atoms with Gasteiger partial charge in [-0.05, 0) is 26.7 Å². The number of rotatable bonds is 3. The average molecular weight is 193 g/mol. The smallest absolute Gasteiger partial charge is 0.320 e. The Balaban J connectivity index is 2.22. The first-order valence-corrected chi connectivity index (χ1v) is 4.77. The van der Waals surface area contributed by atoms with Crippen molar-refractivity contribution in [1.29, 1.82) is 0 Å². The summed E-state index contributed by atoms with van der Waals surface area (Å²) in [5, 5.41) is 0. The normalized spacial score (nSPS) is 21.7. The van der Waals surface area contributed by atoms with E-state index in [1.807, 2.05) is 0 Å². The quantitative estimate of drug-likeness (QED) is 0.680. The molecule has 2 nitrogen and oxygen atoms in total. The van der Waals surface area contributed by atoms with Crippen LogP contribution in [-0.4, -0.2) is 36.7 Å². The van der Waals surface area contributed by atoms with Gasteiger partial charge < -0.3 is 9.64 Å². The van der Waals surface area contributed by atoms with Gasteiger partial charge in [-0.3, -0.25) is 0 Å². The number of nitrogens with zero attached hydrogens (tertiary/aromatic N) is 1. The lowest BCUT2D eigenvalue weighted by Crippen LogP contribution is -2.41. The fraction of sp³-hybridized carbons (Fsp3) is 1.00. The van der Waals surface area contributed by atoms with Crippen molar-refractivity contribution in [3.05, 3.63) is 0 Å². The summed E-state index contributed by atoms with van der Waals surface area (Å²) >= 11 is 0. The van der Waals surface area contributed by atoms with Crippen LogP contribution >= 0.6 is 0 Å². The number of likely N-dealkylation sites (tertiary alicyclic amines) is 1. The maximum absolute atomic E-state index is 11.8. The van der Waals surface area contributed by atoms with Crippen LogP contribution in [0.2, 0.25) is 0 Å². The zero-order valence-electron chi connectivity index (χ0n) is 8.17. The number of halogens is 2. The Bertz CT molecular complexity index is 145. The van der Waals surface area contributed by atoms with Gasteiger partial charge in [0.2, 0.25) is 0 Å². The zero-order chi connectivity index (χ0) is 9.84. The van der Waals surface area contributed by atoms with Crippen LogP contribution in [0.15, 0.2) is 0 Å². The number of alkyl halides is 2. The Kier molecular flexibility index (Phi) is 4.06. The predicted molar refractivity (Wildman–Crippen MR) is 46.8 cm³/mol. The molecule has 0 aromatic heterocycles. The Labute approximate surface area is 77.9 Å². The fourth-order valence-corrected chi connectivity index (χ4v) is 1.67. The van der Waals surface area contributed by atoms with Gasteiger partial charge in [0.05, 0.1) is 6.10 Å². The van der Waals surface area contributed by atoms with Gasteiger partial charge in [-0.25, -0.2) is 0 Å². The molecule has 78 valence electrons. The van der Waals surface area contributed by atoms with Crippen molar-refractivity contribution in [2.75, 3.05) is 13.1 Å². The van der Waals surface area contributed by atoms with E-state index < -0.39 is 6.61 Å². The van der Waals surface area contributed by atoms with Crippen molar-refractivity contribution in [2.24, 2.45) is 0 Å². The second kappa shape index (κ2) is 4.86. The van der Waals surface area contributed by atoms with Gasteiger partial charge in [0, 0.05) is 19.1 Å². The van der Waals surface area contributed by atoms with Gasteiger partial charge >= 0.3 is 6.61 Å². The van der Waals surface area contributed by atoms with Crippen molar-refractivity contribution in [3.63, 3.8) is 0 Å². The highest BCUT2D eigenvalue weighted by Crippen LogP contribution is 2.17. The van der Waals surface area contributed by atoms with Crippen molar-refractivity contribution in [1.82, 2.24) is 4.90 Å². The zero-order valence-corrected chi connectivity index (χ0v) is 8.17. The lowest BCUT2D eigenvalue weighted by atomic mass is 10.1. The lowest BCUT2D eigenvalue weighted by molar-refractivity contribution is -0.173. The molecule has 0 amide bonds. The van der Waals surface area contributed by atoms with Crippen molar-refractivity contribution in [2.45, 2.75) is 45.4 Å². The molecule has 0 aliphatic carbocycles. The average Bonchev–Trinajstić information content (AvgIpc) is 2.04. The SMILES string of the molecule is CC(C)N1CCC(OC(F)F)CC1. The fourth-order valence-electron chi connectivity index (χ4n) is 1.67. The molecule has 0 saturated carbocycles. The standard InChI is InChI=1S/C9H17F2NO/c1-7(2)12-5-3-8(4-6-12)13-9(10)11/h7-9H,3-6H2,1-2H3. The van der Waals surface area contributed by atoms with E-state index in [2.05, 4.69) is 23.5 Å². The van der Waals surface area contributed by atoms with E-state index in [4.69, 9.17) is 0 Å². The van der Waals surface area contributed by atoms with Gasteiger partial charge in [-0.15, -0.1) is 0 Å². The maximum atomic E-state index is 11.8. The molecule has 1 saturated heterocycles. The Morgan fingerprint density at radius 1 is 1.23 bits per heavy atom. The van der Waals surface area contributed by atoms with Crippen LogP contribution in [0.4, 0.5) is 8.78 Å². The van der Waals surface area contributed by atoms with Crippen LogP contribution in [0.3, 0.4) is 0 Å². The molecule has 0 unspecified atom stereocenters. The first-order chi connectivity index (χ1) is 6.09. The Hall–Kier alpha value is -0.220. The molecule has 0 radical (unpaired) electrons. The summed E-state index contributed by atoms with van der Waals surface area (Å²) in [6.45, 7) is 3.36. The van der Waals surface area contributed by atoms with E-state index in [1.165, 1.54) is 0 Å². The van der Waals surface area contributed by atoms with Crippen LogP contribution in [0.5, 0.6) is 0 Å². The monoisotopic (exact) mass is 193 g/mol. The number of hydrogen-bond donors (Lipinski definition) is 0. The summed E-state index contributed by atoms with van der Waals surface area (Å²) in [4.78, 5) is 2.28. The summed E-state index contributed by atoms with van der Waals surface area (Å²) in [7, 11) is 0. The molecule has 0 aromatic rings. The second-order valence-corrected chi connectivity index (χ2v) is 3.73.